The van der Waals surface area contributed by atoms with Gasteiger partial charge in [-0.25, -0.2) is 0 Å². The molecule has 8 heteroatoms. The average molecular weight is 603 g/mol. The number of hydrogen-bond donors (Lipinski definition) is 2. The van der Waals surface area contributed by atoms with E-state index in [2.05, 4.69) is 10.6 Å². The van der Waals surface area contributed by atoms with E-state index in [1.165, 1.54) is 0 Å². The molecule has 8 nitrogen and oxygen atoms in total. The molecule has 0 bridgehead atoms. The van der Waals surface area contributed by atoms with Crippen LogP contribution in [-0.4, -0.2) is 60.1 Å². The van der Waals surface area contributed by atoms with Gasteiger partial charge in [0.15, 0.2) is 0 Å². The smallest absolute Gasteiger partial charge is 0.253 e. The van der Waals surface area contributed by atoms with E-state index in [0.29, 0.717) is 48.6 Å². The summed E-state index contributed by atoms with van der Waals surface area (Å²) in [4.78, 5) is 55.4. The summed E-state index contributed by atoms with van der Waals surface area (Å²) < 4.78 is 0. The number of benzene rings is 4. The maximum Gasteiger partial charge on any atom is 0.253 e. The van der Waals surface area contributed by atoms with Crippen LogP contribution in [0.1, 0.15) is 44.7 Å². The second kappa shape index (κ2) is 15.0. The van der Waals surface area contributed by atoms with Crippen LogP contribution in [0.3, 0.4) is 0 Å². The number of likely N-dealkylation sites (N-methyl/N-ethyl adjacent to an activating group) is 1. The molecule has 1 unspecified atom stereocenters. The highest BCUT2D eigenvalue weighted by Crippen LogP contribution is 2.22. The van der Waals surface area contributed by atoms with Gasteiger partial charge in [0.2, 0.25) is 11.8 Å². The molecule has 1 fully saturated rings. The van der Waals surface area contributed by atoms with Crippen molar-refractivity contribution in [3.05, 3.63) is 131 Å². The van der Waals surface area contributed by atoms with E-state index < -0.39 is 0 Å². The van der Waals surface area contributed by atoms with Crippen LogP contribution >= 0.6 is 0 Å². The summed E-state index contributed by atoms with van der Waals surface area (Å²) in [6, 6.07) is 33.3. The highest BCUT2D eigenvalue weighted by Gasteiger charge is 2.29. The third-order valence-electron chi connectivity index (χ3n) is 7.98. The molecule has 0 radical (unpaired) electrons. The van der Waals surface area contributed by atoms with Gasteiger partial charge < -0.3 is 20.4 Å². The summed E-state index contributed by atoms with van der Waals surface area (Å²) in [6.07, 6.45) is 2.32. The van der Waals surface area contributed by atoms with Crippen molar-refractivity contribution in [1.29, 1.82) is 0 Å². The Kier molecular flexibility index (Phi) is 10.4. The Bertz CT molecular complexity index is 1640. The standard InChI is InChI=1S/C37H38N4O4/c1-40(22-20-27-11-4-2-5-12-27)36(44)30-16-9-19-33(25-30)38-34(42)24-28-13-8-18-32(23-28)39-35(43)31-17-10-21-41(26-31)37(45)29-14-6-3-7-15-29/h2-9,11-16,18-19,23,25,31H,10,17,20-22,24,26H2,1H3,(H,38,42)(H,39,43). The van der Waals surface area contributed by atoms with Gasteiger partial charge in [-0.05, 0) is 72.9 Å². The van der Waals surface area contributed by atoms with Crippen LogP contribution in [0.4, 0.5) is 11.4 Å². The molecule has 0 aromatic heterocycles. The summed E-state index contributed by atoms with van der Waals surface area (Å²) in [5, 5.41) is 5.86. The Morgan fingerprint density at radius 1 is 0.756 bits per heavy atom. The van der Waals surface area contributed by atoms with Crippen LogP contribution < -0.4 is 10.6 Å². The number of anilines is 2. The fourth-order valence-electron chi connectivity index (χ4n) is 5.53. The average Bonchev–Trinajstić information content (AvgIpc) is 3.07. The van der Waals surface area contributed by atoms with Crippen LogP contribution in [0.15, 0.2) is 109 Å². The van der Waals surface area contributed by atoms with Gasteiger partial charge in [-0.2, -0.15) is 0 Å². The summed E-state index contributed by atoms with van der Waals surface area (Å²) in [5.41, 5.74) is 4.16. The first-order valence-corrected chi connectivity index (χ1v) is 15.3. The SMILES string of the molecule is CN(CCc1ccccc1)C(=O)c1cccc(NC(=O)Cc2cccc(NC(=O)C3CCCN(C(=O)c4ccccc4)C3)c2)c1. The number of piperidine rings is 1. The first-order chi connectivity index (χ1) is 21.9. The number of nitrogens with zero attached hydrogens (tertiary/aromatic N) is 2. The molecule has 0 aliphatic carbocycles. The number of nitrogens with one attached hydrogen (secondary N) is 2. The van der Waals surface area contributed by atoms with E-state index in [1.807, 2.05) is 54.6 Å². The maximum absolute atomic E-state index is 13.1. The largest absolute Gasteiger partial charge is 0.341 e. The molecule has 1 saturated heterocycles. The van der Waals surface area contributed by atoms with E-state index in [0.717, 1.165) is 24.0 Å². The number of carbonyl (C=O) groups is 4. The molecule has 2 N–H and O–H groups in total. The molecular weight excluding hydrogens is 564 g/mol. The van der Waals surface area contributed by atoms with Gasteiger partial charge in [0, 0.05) is 49.2 Å². The number of hydrogen-bond acceptors (Lipinski definition) is 4. The summed E-state index contributed by atoms with van der Waals surface area (Å²) in [5.74, 6) is -0.868. The number of carbonyl (C=O) groups excluding carboxylic acids is 4. The molecule has 4 aromatic rings. The Balaban J connectivity index is 1.13. The fourth-order valence-corrected chi connectivity index (χ4v) is 5.53. The number of amides is 4. The Hall–Kier alpha value is -5.24. The molecule has 1 aliphatic rings. The van der Waals surface area contributed by atoms with Gasteiger partial charge in [0.1, 0.15) is 0 Å². The minimum Gasteiger partial charge on any atom is -0.341 e. The topological polar surface area (TPSA) is 98.8 Å². The van der Waals surface area contributed by atoms with Gasteiger partial charge in [-0.1, -0.05) is 66.7 Å². The van der Waals surface area contributed by atoms with Crippen molar-refractivity contribution < 1.29 is 19.2 Å². The lowest BCUT2D eigenvalue weighted by Crippen LogP contribution is -2.43. The lowest BCUT2D eigenvalue weighted by Gasteiger charge is -2.32. The number of likely N-dealkylation sites (tertiary alicyclic amines) is 1. The Labute approximate surface area is 264 Å². The summed E-state index contributed by atoms with van der Waals surface area (Å²) >= 11 is 0. The van der Waals surface area contributed by atoms with E-state index in [-0.39, 0.29) is 36.0 Å². The summed E-state index contributed by atoms with van der Waals surface area (Å²) in [6.45, 7) is 1.58. The monoisotopic (exact) mass is 602 g/mol. The predicted octanol–water partition coefficient (Wildman–Crippen LogP) is 5.67. The van der Waals surface area contributed by atoms with Crippen molar-refractivity contribution in [3.8, 4) is 0 Å². The zero-order valence-electron chi connectivity index (χ0n) is 25.4. The minimum absolute atomic E-state index is 0.0638. The molecule has 45 heavy (non-hydrogen) atoms. The molecule has 230 valence electrons. The van der Waals surface area contributed by atoms with Crippen molar-refractivity contribution >= 4 is 35.0 Å². The highest BCUT2D eigenvalue weighted by molar-refractivity contribution is 5.98. The molecule has 4 amide bonds. The molecule has 1 atom stereocenters. The van der Waals surface area contributed by atoms with Crippen molar-refractivity contribution in [1.82, 2.24) is 9.80 Å². The van der Waals surface area contributed by atoms with Gasteiger partial charge >= 0.3 is 0 Å². The van der Waals surface area contributed by atoms with Crippen LogP contribution in [0.25, 0.3) is 0 Å². The lowest BCUT2D eigenvalue weighted by molar-refractivity contribution is -0.121. The molecule has 4 aromatic carbocycles. The van der Waals surface area contributed by atoms with Crippen LogP contribution in [-0.2, 0) is 22.4 Å². The van der Waals surface area contributed by atoms with Crippen LogP contribution in [0.5, 0.6) is 0 Å². The number of rotatable bonds is 10. The Morgan fingerprint density at radius 3 is 2.16 bits per heavy atom. The van der Waals surface area contributed by atoms with Crippen molar-refractivity contribution in [2.24, 2.45) is 5.92 Å². The predicted molar refractivity (Wildman–Crippen MR) is 176 cm³/mol. The van der Waals surface area contributed by atoms with Crippen molar-refractivity contribution in [2.75, 3.05) is 37.3 Å². The zero-order chi connectivity index (χ0) is 31.6. The van der Waals surface area contributed by atoms with E-state index in [9.17, 15) is 19.2 Å². The highest BCUT2D eigenvalue weighted by atomic mass is 16.2. The van der Waals surface area contributed by atoms with Gasteiger partial charge in [0.05, 0.1) is 12.3 Å². The summed E-state index contributed by atoms with van der Waals surface area (Å²) in [7, 11) is 1.77. The first-order valence-electron chi connectivity index (χ1n) is 15.3. The first kappa shape index (κ1) is 31.2. The Morgan fingerprint density at radius 2 is 1.40 bits per heavy atom. The molecule has 0 saturated carbocycles. The van der Waals surface area contributed by atoms with Gasteiger partial charge in [-0.15, -0.1) is 0 Å². The second-order valence-electron chi connectivity index (χ2n) is 11.4. The molecular formula is C37H38N4O4. The third-order valence-corrected chi connectivity index (χ3v) is 7.98. The van der Waals surface area contributed by atoms with E-state index in [1.54, 1.807) is 71.4 Å². The van der Waals surface area contributed by atoms with E-state index in [4.69, 9.17) is 0 Å². The van der Waals surface area contributed by atoms with Crippen molar-refractivity contribution in [3.63, 3.8) is 0 Å². The lowest BCUT2D eigenvalue weighted by atomic mass is 9.96. The molecule has 5 rings (SSSR count). The second-order valence-corrected chi connectivity index (χ2v) is 11.4. The fraction of sp³-hybridized carbons (Fsp3) is 0.243. The van der Waals surface area contributed by atoms with Crippen LogP contribution in [0, 0.1) is 5.92 Å². The van der Waals surface area contributed by atoms with Crippen molar-refractivity contribution in [2.45, 2.75) is 25.7 Å². The van der Waals surface area contributed by atoms with Crippen LogP contribution in [0.2, 0.25) is 0 Å². The molecule has 1 heterocycles. The minimum atomic E-state index is -0.314. The maximum atomic E-state index is 13.1. The third kappa shape index (κ3) is 8.66. The van der Waals surface area contributed by atoms with Gasteiger partial charge in [-0.3, -0.25) is 19.2 Å². The van der Waals surface area contributed by atoms with Gasteiger partial charge in [0.25, 0.3) is 11.8 Å². The van der Waals surface area contributed by atoms with E-state index >= 15 is 0 Å². The molecule has 1 aliphatic heterocycles. The normalized spacial score (nSPS) is 14.3. The quantitative estimate of drug-likeness (QED) is 0.244. The molecule has 0 spiro atoms. The zero-order valence-corrected chi connectivity index (χ0v) is 25.4.